The number of hydrogen-bond donors (Lipinski definition) is 2. The number of anilines is 2. The normalized spacial score (nSPS) is 10.1. The fourth-order valence-electron chi connectivity index (χ4n) is 1.22. The third-order valence-corrected chi connectivity index (χ3v) is 1.81. The summed E-state index contributed by atoms with van der Waals surface area (Å²) in [5.74, 6) is 1.04. The van der Waals surface area contributed by atoms with Crippen LogP contribution in [0.2, 0.25) is 0 Å². The van der Waals surface area contributed by atoms with Gasteiger partial charge in [-0.15, -0.1) is 0 Å². The van der Waals surface area contributed by atoms with E-state index < -0.39 is 0 Å². The third kappa shape index (κ3) is 2.85. The van der Waals surface area contributed by atoms with E-state index in [0.717, 1.165) is 13.0 Å². The van der Waals surface area contributed by atoms with E-state index in [1.54, 1.807) is 12.3 Å². The molecular weight excluding hydrogens is 180 g/mol. The first-order valence-corrected chi connectivity index (χ1v) is 4.72. The van der Waals surface area contributed by atoms with Gasteiger partial charge in [0.25, 0.3) is 0 Å². The first kappa shape index (κ1) is 10.7. The average molecular weight is 196 g/mol. The summed E-state index contributed by atoms with van der Waals surface area (Å²) in [5, 5.41) is 8.87. The van der Waals surface area contributed by atoms with Crippen molar-refractivity contribution >= 4 is 11.8 Å². The predicted molar refractivity (Wildman–Crippen MR) is 56.0 cm³/mol. The van der Waals surface area contributed by atoms with Crippen LogP contribution >= 0.6 is 0 Å². The molecule has 0 aromatic carbocycles. The number of aliphatic hydroxyl groups excluding tert-OH is 1. The van der Waals surface area contributed by atoms with Gasteiger partial charge in [0.15, 0.2) is 0 Å². The van der Waals surface area contributed by atoms with Crippen molar-refractivity contribution in [2.45, 2.75) is 13.3 Å². The first-order chi connectivity index (χ1) is 6.77. The van der Waals surface area contributed by atoms with Crippen LogP contribution in [0, 0.1) is 0 Å². The molecule has 0 spiro atoms. The van der Waals surface area contributed by atoms with E-state index in [9.17, 15) is 0 Å². The van der Waals surface area contributed by atoms with Crippen molar-refractivity contribution in [1.82, 2.24) is 9.97 Å². The van der Waals surface area contributed by atoms with Crippen LogP contribution in [0.5, 0.6) is 0 Å². The van der Waals surface area contributed by atoms with Gasteiger partial charge in [-0.2, -0.15) is 4.98 Å². The molecule has 0 amide bonds. The van der Waals surface area contributed by atoms with E-state index in [-0.39, 0.29) is 6.61 Å². The minimum absolute atomic E-state index is 0.0954. The lowest BCUT2D eigenvalue weighted by molar-refractivity contribution is 0.301. The van der Waals surface area contributed by atoms with Gasteiger partial charge in [0, 0.05) is 19.3 Å². The van der Waals surface area contributed by atoms with Gasteiger partial charge in [0.2, 0.25) is 5.95 Å². The quantitative estimate of drug-likeness (QED) is 0.707. The number of nitrogen functional groups attached to an aromatic ring is 1. The zero-order valence-corrected chi connectivity index (χ0v) is 8.35. The lowest BCUT2D eigenvalue weighted by Gasteiger charge is -2.20. The Morgan fingerprint density at radius 3 is 2.86 bits per heavy atom. The fourth-order valence-corrected chi connectivity index (χ4v) is 1.22. The lowest BCUT2D eigenvalue weighted by Crippen LogP contribution is -2.29. The second kappa shape index (κ2) is 5.39. The van der Waals surface area contributed by atoms with Crippen LogP contribution in [0.1, 0.15) is 13.3 Å². The van der Waals surface area contributed by atoms with Crippen LogP contribution in [-0.4, -0.2) is 34.8 Å². The van der Waals surface area contributed by atoms with Gasteiger partial charge in [-0.1, -0.05) is 6.92 Å². The van der Waals surface area contributed by atoms with Gasteiger partial charge in [-0.25, -0.2) is 4.98 Å². The number of nitrogens with zero attached hydrogens (tertiary/aromatic N) is 3. The molecular formula is C9H16N4O. The molecule has 0 aliphatic rings. The lowest BCUT2D eigenvalue weighted by atomic mass is 10.4. The van der Waals surface area contributed by atoms with Crippen molar-refractivity contribution < 1.29 is 5.11 Å². The highest BCUT2D eigenvalue weighted by Gasteiger charge is 2.07. The molecule has 14 heavy (non-hydrogen) atoms. The van der Waals surface area contributed by atoms with Crippen molar-refractivity contribution in [2.75, 3.05) is 30.3 Å². The Kier molecular flexibility index (Phi) is 4.12. The van der Waals surface area contributed by atoms with Crippen LogP contribution in [-0.2, 0) is 0 Å². The molecule has 0 saturated carbocycles. The minimum atomic E-state index is 0.0954. The summed E-state index contributed by atoms with van der Waals surface area (Å²) in [6.45, 7) is 3.52. The number of nitrogens with two attached hydrogens (primary N) is 1. The summed E-state index contributed by atoms with van der Waals surface area (Å²) in [7, 11) is 0. The number of hydrogen-bond acceptors (Lipinski definition) is 5. The first-order valence-electron chi connectivity index (χ1n) is 4.72. The van der Waals surface area contributed by atoms with Gasteiger partial charge in [-0.3, -0.25) is 0 Å². The Bertz CT molecular complexity index is 273. The number of aromatic nitrogens is 2. The standard InChI is InChI=1S/C9H16N4O/c1-2-5-13(6-7-14)9-11-4-3-8(10)12-9/h3-4,14H,2,5-7H2,1H3,(H2,10,11,12). The summed E-state index contributed by atoms with van der Waals surface area (Å²) in [4.78, 5) is 10.1. The van der Waals surface area contributed by atoms with Gasteiger partial charge >= 0.3 is 0 Å². The molecule has 1 rings (SSSR count). The molecule has 0 saturated heterocycles. The SMILES string of the molecule is CCCN(CCO)c1nccc(N)n1. The topological polar surface area (TPSA) is 75.3 Å². The third-order valence-electron chi connectivity index (χ3n) is 1.81. The van der Waals surface area contributed by atoms with Crippen molar-refractivity contribution in [2.24, 2.45) is 0 Å². The van der Waals surface area contributed by atoms with Crippen LogP contribution in [0.25, 0.3) is 0 Å². The smallest absolute Gasteiger partial charge is 0.227 e. The second-order valence-electron chi connectivity index (χ2n) is 2.99. The Morgan fingerprint density at radius 2 is 2.29 bits per heavy atom. The van der Waals surface area contributed by atoms with Gasteiger partial charge in [0.05, 0.1) is 6.61 Å². The molecule has 5 heteroatoms. The molecule has 0 fully saturated rings. The molecule has 1 aromatic heterocycles. The minimum Gasteiger partial charge on any atom is -0.395 e. The summed E-state index contributed by atoms with van der Waals surface area (Å²) in [5.41, 5.74) is 5.55. The van der Waals surface area contributed by atoms with Gasteiger partial charge in [0.1, 0.15) is 5.82 Å². The maximum absolute atomic E-state index is 8.87. The van der Waals surface area contributed by atoms with E-state index in [4.69, 9.17) is 10.8 Å². The van der Waals surface area contributed by atoms with E-state index >= 15 is 0 Å². The Morgan fingerprint density at radius 1 is 1.50 bits per heavy atom. The molecule has 0 radical (unpaired) electrons. The molecule has 0 unspecified atom stereocenters. The maximum atomic E-state index is 8.87. The Balaban J connectivity index is 2.75. The van der Waals surface area contributed by atoms with Crippen LogP contribution in [0.4, 0.5) is 11.8 Å². The molecule has 1 heterocycles. The van der Waals surface area contributed by atoms with Crippen molar-refractivity contribution in [3.05, 3.63) is 12.3 Å². The van der Waals surface area contributed by atoms with Gasteiger partial charge in [-0.05, 0) is 12.5 Å². The highest BCUT2D eigenvalue weighted by molar-refractivity contribution is 5.37. The van der Waals surface area contributed by atoms with Crippen LogP contribution in [0.3, 0.4) is 0 Å². The monoisotopic (exact) mass is 196 g/mol. The predicted octanol–water partition coefficient (Wildman–Crippen LogP) is 0.268. The summed E-state index contributed by atoms with van der Waals surface area (Å²) >= 11 is 0. The molecule has 1 aromatic rings. The van der Waals surface area contributed by atoms with Crippen LogP contribution < -0.4 is 10.6 Å². The Labute approximate surface area is 83.6 Å². The molecule has 3 N–H and O–H groups in total. The van der Waals surface area contributed by atoms with Crippen molar-refractivity contribution in [1.29, 1.82) is 0 Å². The second-order valence-corrected chi connectivity index (χ2v) is 2.99. The molecule has 0 bridgehead atoms. The molecule has 0 atom stereocenters. The highest BCUT2D eigenvalue weighted by atomic mass is 16.3. The van der Waals surface area contributed by atoms with E-state index in [1.165, 1.54) is 0 Å². The largest absolute Gasteiger partial charge is 0.395 e. The molecule has 0 aliphatic heterocycles. The van der Waals surface area contributed by atoms with Crippen LogP contribution in [0.15, 0.2) is 12.3 Å². The average Bonchev–Trinajstić information content (AvgIpc) is 2.17. The van der Waals surface area contributed by atoms with Crippen molar-refractivity contribution in [3.63, 3.8) is 0 Å². The molecule has 78 valence electrons. The fraction of sp³-hybridized carbons (Fsp3) is 0.556. The maximum Gasteiger partial charge on any atom is 0.227 e. The number of aliphatic hydroxyl groups is 1. The summed E-state index contributed by atoms with van der Waals surface area (Å²) in [6, 6.07) is 1.65. The highest BCUT2D eigenvalue weighted by Crippen LogP contribution is 2.08. The zero-order chi connectivity index (χ0) is 10.4. The Hall–Kier alpha value is -1.36. The number of rotatable bonds is 5. The zero-order valence-electron chi connectivity index (χ0n) is 8.35. The molecule has 5 nitrogen and oxygen atoms in total. The van der Waals surface area contributed by atoms with E-state index in [2.05, 4.69) is 16.9 Å². The summed E-state index contributed by atoms with van der Waals surface area (Å²) < 4.78 is 0. The van der Waals surface area contributed by atoms with E-state index in [1.807, 2.05) is 4.90 Å². The van der Waals surface area contributed by atoms with E-state index in [0.29, 0.717) is 18.3 Å². The van der Waals surface area contributed by atoms with Gasteiger partial charge < -0.3 is 15.7 Å². The van der Waals surface area contributed by atoms with Crippen molar-refractivity contribution in [3.8, 4) is 0 Å². The molecule has 0 aliphatic carbocycles. The summed E-state index contributed by atoms with van der Waals surface area (Å²) in [6.07, 6.45) is 2.61.